The highest BCUT2D eigenvalue weighted by atomic mass is 32.1. The normalized spacial score (nSPS) is 12.2. The zero-order valence-electron chi connectivity index (χ0n) is 11.0. The first-order valence-corrected chi connectivity index (χ1v) is 6.55. The first-order valence-electron chi connectivity index (χ1n) is 6.14. The van der Waals surface area contributed by atoms with Crippen molar-refractivity contribution in [2.75, 3.05) is 0 Å². The summed E-state index contributed by atoms with van der Waals surface area (Å²) in [5.41, 5.74) is 2.20. The Hall–Kier alpha value is -2.01. The average Bonchev–Trinajstić information content (AvgIpc) is 2.78. The van der Waals surface area contributed by atoms with Crippen LogP contribution in [-0.4, -0.2) is 21.1 Å². The van der Waals surface area contributed by atoms with E-state index in [0.717, 1.165) is 23.4 Å². The second kappa shape index (κ2) is 6.24. The van der Waals surface area contributed by atoms with Gasteiger partial charge in [-0.3, -0.25) is 5.10 Å². The highest BCUT2D eigenvalue weighted by molar-refractivity contribution is 7.71. The number of hydrogen-bond donors (Lipinski definition) is 1. The molecule has 1 heterocycles. The Kier molecular flexibility index (Phi) is 4.41. The molecule has 0 saturated heterocycles. The maximum atomic E-state index is 5.13. The van der Waals surface area contributed by atoms with Crippen molar-refractivity contribution in [1.29, 1.82) is 0 Å². The Balaban J connectivity index is 2.21. The molecule has 98 valence electrons. The second-order valence-corrected chi connectivity index (χ2v) is 4.54. The van der Waals surface area contributed by atoms with Gasteiger partial charge in [0, 0.05) is 6.42 Å². The minimum Gasteiger partial charge on any atom is -0.250 e. The third-order valence-electron chi connectivity index (χ3n) is 2.60. The van der Waals surface area contributed by atoms with Crippen molar-refractivity contribution in [3.63, 3.8) is 0 Å². The molecule has 0 spiro atoms. The Labute approximate surface area is 117 Å². The molecular formula is C14H16N4S. The molecule has 0 aliphatic heterocycles. The maximum absolute atomic E-state index is 5.13. The van der Waals surface area contributed by atoms with Crippen LogP contribution in [0.5, 0.6) is 0 Å². The molecule has 1 N–H and O–H groups in total. The SMILES string of the molecule is CCc1n[nH]c(=S)n1/N=C\C(C)=C/c1ccccc1. The van der Waals surface area contributed by atoms with E-state index >= 15 is 0 Å². The fourth-order valence-corrected chi connectivity index (χ4v) is 1.87. The molecule has 0 radical (unpaired) electrons. The van der Waals surface area contributed by atoms with Gasteiger partial charge in [0.15, 0.2) is 5.82 Å². The predicted octanol–water partition coefficient (Wildman–Crippen LogP) is 3.44. The Morgan fingerprint density at radius 3 is 2.84 bits per heavy atom. The number of H-pyrrole nitrogens is 1. The van der Waals surface area contributed by atoms with E-state index in [-0.39, 0.29) is 0 Å². The quantitative estimate of drug-likeness (QED) is 0.684. The highest BCUT2D eigenvalue weighted by Gasteiger charge is 2.00. The molecule has 1 aromatic carbocycles. The van der Waals surface area contributed by atoms with Crippen LogP contribution in [0.3, 0.4) is 0 Å². The number of aromatic nitrogens is 3. The van der Waals surface area contributed by atoms with Crippen LogP contribution in [0.15, 0.2) is 41.0 Å². The number of benzene rings is 1. The molecule has 0 bridgehead atoms. The molecule has 2 rings (SSSR count). The fraction of sp³-hybridized carbons (Fsp3) is 0.214. The lowest BCUT2D eigenvalue weighted by molar-refractivity contribution is 0.780. The van der Waals surface area contributed by atoms with E-state index in [0.29, 0.717) is 4.77 Å². The second-order valence-electron chi connectivity index (χ2n) is 4.15. The van der Waals surface area contributed by atoms with Crippen LogP contribution in [-0.2, 0) is 6.42 Å². The lowest BCUT2D eigenvalue weighted by atomic mass is 10.1. The summed E-state index contributed by atoms with van der Waals surface area (Å²) >= 11 is 5.13. The molecule has 0 aliphatic rings. The molecular weight excluding hydrogens is 256 g/mol. The summed E-state index contributed by atoms with van der Waals surface area (Å²) in [5, 5.41) is 11.2. The third-order valence-corrected chi connectivity index (χ3v) is 2.87. The van der Waals surface area contributed by atoms with Crippen LogP contribution >= 0.6 is 12.2 Å². The number of nitrogens with one attached hydrogen (secondary N) is 1. The van der Waals surface area contributed by atoms with Gasteiger partial charge >= 0.3 is 0 Å². The first-order chi connectivity index (χ1) is 9.20. The first kappa shape index (κ1) is 13.4. The standard InChI is InChI=1S/C14H16N4S/c1-3-13-16-17-14(19)18(13)15-10-11(2)9-12-7-5-4-6-8-12/h4-10H,3H2,1-2H3,(H,17,19)/b11-9-,15-10-. The molecule has 4 nitrogen and oxygen atoms in total. The number of rotatable bonds is 4. The Morgan fingerprint density at radius 2 is 2.16 bits per heavy atom. The Bertz CT molecular complexity index is 650. The number of nitrogens with zero attached hydrogens (tertiary/aromatic N) is 3. The number of aromatic amines is 1. The molecule has 5 heteroatoms. The molecule has 0 fully saturated rings. The molecule has 0 aliphatic carbocycles. The lowest BCUT2D eigenvalue weighted by Gasteiger charge is -1.97. The van der Waals surface area contributed by atoms with Crippen molar-refractivity contribution >= 4 is 24.5 Å². The topological polar surface area (TPSA) is 46.0 Å². The van der Waals surface area contributed by atoms with Gasteiger partial charge < -0.3 is 0 Å². The van der Waals surface area contributed by atoms with E-state index in [4.69, 9.17) is 12.2 Å². The molecule has 0 unspecified atom stereocenters. The summed E-state index contributed by atoms with van der Waals surface area (Å²) in [7, 11) is 0. The predicted molar refractivity (Wildman–Crippen MR) is 80.8 cm³/mol. The van der Waals surface area contributed by atoms with Gasteiger partial charge in [-0.1, -0.05) is 43.3 Å². The van der Waals surface area contributed by atoms with Gasteiger partial charge in [0.1, 0.15) is 0 Å². The lowest BCUT2D eigenvalue weighted by Crippen LogP contribution is -1.97. The third kappa shape index (κ3) is 3.48. The minimum atomic E-state index is 0.514. The number of aryl methyl sites for hydroxylation is 1. The van der Waals surface area contributed by atoms with E-state index in [2.05, 4.69) is 33.5 Å². The van der Waals surface area contributed by atoms with Crippen molar-refractivity contribution < 1.29 is 0 Å². The van der Waals surface area contributed by atoms with Gasteiger partial charge in [0.2, 0.25) is 4.77 Å². The van der Waals surface area contributed by atoms with Crippen molar-refractivity contribution in [2.45, 2.75) is 20.3 Å². The molecule has 1 aromatic heterocycles. The molecule has 19 heavy (non-hydrogen) atoms. The largest absolute Gasteiger partial charge is 0.250 e. The average molecular weight is 272 g/mol. The summed E-state index contributed by atoms with van der Waals surface area (Å²) in [6.45, 7) is 4.02. The van der Waals surface area contributed by atoms with Crippen LogP contribution in [0.1, 0.15) is 25.2 Å². The van der Waals surface area contributed by atoms with E-state index in [1.807, 2.05) is 32.0 Å². The molecule has 0 saturated carbocycles. The Morgan fingerprint density at radius 1 is 1.42 bits per heavy atom. The monoisotopic (exact) mass is 272 g/mol. The van der Waals surface area contributed by atoms with Crippen LogP contribution in [0.4, 0.5) is 0 Å². The zero-order chi connectivity index (χ0) is 13.7. The van der Waals surface area contributed by atoms with Gasteiger partial charge in [-0.15, -0.1) is 0 Å². The van der Waals surface area contributed by atoms with Crippen molar-refractivity contribution in [3.05, 3.63) is 52.1 Å². The number of hydrogen-bond acceptors (Lipinski definition) is 3. The van der Waals surface area contributed by atoms with Gasteiger partial charge in [0.25, 0.3) is 0 Å². The highest BCUT2D eigenvalue weighted by Crippen LogP contribution is 2.05. The van der Waals surface area contributed by atoms with Crippen molar-refractivity contribution in [2.24, 2.45) is 5.10 Å². The van der Waals surface area contributed by atoms with E-state index in [1.54, 1.807) is 10.9 Å². The molecule has 0 amide bonds. The zero-order valence-corrected chi connectivity index (χ0v) is 11.8. The van der Waals surface area contributed by atoms with Crippen molar-refractivity contribution in [1.82, 2.24) is 14.9 Å². The summed E-state index contributed by atoms with van der Waals surface area (Å²) in [5.74, 6) is 0.828. The van der Waals surface area contributed by atoms with Crippen LogP contribution in [0.2, 0.25) is 0 Å². The van der Waals surface area contributed by atoms with Crippen LogP contribution < -0.4 is 0 Å². The summed E-state index contributed by atoms with van der Waals surface area (Å²) in [4.78, 5) is 0. The van der Waals surface area contributed by atoms with E-state index in [9.17, 15) is 0 Å². The minimum absolute atomic E-state index is 0.514. The van der Waals surface area contributed by atoms with E-state index < -0.39 is 0 Å². The smallest absolute Gasteiger partial charge is 0.216 e. The van der Waals surface area contributed by atoms with E-state index in [1.165, 1.54) is 0 Å². The molecule has 0 atom stereocenters. The van der Waals surface area contributed by atoms with Crippen molar-refractivity contribution in [3.8, 4) is 0 Å². The van der Waals surface area contributed by atoms with Gasteiger partial charge in [-0.05, 0) is 30.3 Å². The number of allylic oxidation sites excluding steroid dienone is 1. The maximum Gasteiger partial charge on any atom is 0.216 e. The summed E-state index contributed by atoms with van der Waals surface area (Å²) < 4.78 is 2.16. The fourth-order valence-electron chi connectivity index (χ4n) is 1.67. The van der Waals surface area contributed by atoms with Crippen LogP contribution in [0, 0.1) is 4.77 Å². The summed E-state index contributed by atoms with van der Waals surface area (Å²) in [6.07, 6.45) is 4.64. The van der Waals surface area contributed by atoms with Gasteiger partial charge in [-0.25, -0.2) is 0 Å². The van der Waals surface area contributed by atoms with Crippen LogP contribution in [0.25, 0.3) is 6.08 Å². The van der Waals surface area contributed by atoms with Gasteiger partial charge in [0.05, 0.1) is 6.21 Å². The summed E-state index contributed by atoms with van der Waals surface area (Å²) in [6, 6.07) is 10.1. The molecule has 2 aromatic rings. The van der Waals surface area contributed by atoms with Gasteiger partial charge in [-0.2, -0.15) is 14.9 Å².